The van der Waals surface area contributed by atoms with Gasteiger partial charge in [0, 0.05) is 18.8 Å². The summed E-state index contributed by atoms with van der Waals surface area (Å²) < 4.78 is 1.57. The van der Waals surface area contributed by atoms with Gasteiger partial charge >= 0.3 is 0 Å². The number of nitrogens with one attached hydrogen (secondary N) is 1. The van der Waals surface area contributed by atoms with Crippen LogP contribution in [0.5, 0.6) is 0 Å². The van der Waals surface area contributed by atoms with Crippen molar-refractivity contribution in [2.45, 2.75) is 6.04 Å². The van der Waals surface area contributed by atoms with Crippen LogP contribution in [0.15, 0.2) is 24.8 Å². The van der Waals surface area contributed by atoms with Crippen molar-refractivity contribution in [3.8, 4) is 0 Å². The van der Waals surface area contributed by atoms with Crippen molar-refractivity contribution in [1.82, 2.24) is 25.0 Å². The maximum absolute atomic E-state index is 11.7. The van der Waals surface area contributed by atoms with Gasteiger partial charge in [0.05, 0.1) is 18.6 Å². The van der Waals surface area contributed by atoms with E-state index in [-0.39, 0.29) is 5.95 Å². The van der Waals surface area contributed by atoms with Gasteiger partial charge in [-0.3, -0.25) is 14.8 Å². The van der Waals surface area contributed by atoms with Crippen LogP contribution in [0.4, 0.5) is 5.95 Å². The minimum Gasteiger partial charge on any atom is -0.316 e. The van der Waals surface area contributed by atoms with Gasteiger partial charge in [0.15, 0.2) is 0 Å². The van der Waals surface area contributed by atoms with Crippen molar-refractivity contribution >= 4 is 11.9 Å². The monoisotopic (exact) mass is 233 g/mol. The van der Waals surface area contributed by atoms with E-state index in [0.29, 0.717) is 5.56 Å². The van der Waals surface area contributed by atoms with Crippen LogP contribution in [-0.2, 0) is 11.8 Å². The molecular weight excluding hydrogens is 222 g/mol. The molecule has 0 fully saturated rings. The summed E-state index contributed by atoms with van der Waals surface area (Å²) in [6, 6.07) is -0.812. The first kappa shape index (κ1) is 11.1. The Morgan fingerprint density at radius 1 is 1.53 bits per heavy atom. The highest BCUT2D eigenvalue weighted by atomic mass is 16.2. The molecule has 17 heavy (non-hydrogen) atoms. The van der Waals surface area contributed by atoms with Crippen LogP contribution in [0.3, 0.4) is 0 Å². The Morgan fingerprint density at radius 2 is 2.35 bits per heavy atom. The predicted molar refractivity (Wildman–Crippen MR) is 58.6 cm³/mol. The van der Waals surface area contributed by atoms with E-state index in [1.165, 1.54) is 18.6 Å². The largest absolute Gasteiger partial charge is 0.316 e. The summed E-state index contributed by atoms with van der Waals surface area (Å²) in [6.07, 6.45) is 6.05. The molecule has 8 heteroatoms. The SMILES string of the molecule is Cn1cc(C(N)C(=O)Nc2nccnn2)cn1. The molecule has 8 nitrogen and oxygen atoms in total. The van der Waals surface area contributed by atoms with Crippen LogP contribution in [0.25, 0.3) is 0 Å². The number of amides is 1. The van der Waals surface area contributed by atoms with Crippen LogP contribution >= 0.6 is 0 Å². The Bertz CT molecular complexity index is 509. The summed E-state index contributed by atoms with van der Waals surface area (Å²) in [7, 11) is 1.75. The van der Waals surface area contributed by atoms with Crippen molar-refractivity contribution in [2.75, 3.05) is 5.32 Å². The molecule has 0 bridgehead atoms. The van der Waals surface area contributed by atoms with Gasteiger partial charge in [0.2, 0.25) is 11.9 Å². The summed E-state index contributed by atoms with van der Waals surface area (Å²) in [4.78, 5) is 15.6. The third-order valence-electron chi connectivity index (χ3n) is 2.08. The Balaban J connectivity index is 2.06. The molecule has 0 saturated heterocycles. The highest BCUT2D eigenvalue weighted by Gasteiger charge is 2.18. The van der Waals surface area contributed by atoms with Gasteiger partial charge in [-0.1, -0.05) is 0 Å². The van der Waals surface area contributed by atoms with E-state index in [1.807, 2.05) is 0 Å². The highest BCUT2D eigenvalue weighted by Crippen LogP contribution is 2.10. The number of aromatic nitrogens is 5. The lowest BCUT2D eigenvalue weighted by molar-refractivity contribution is -0.117. The minimum atomic E-state index is -0.812. The van der Waals surface area contributed by atoms with E-state index in [4.69, 9.17) is 5.73 Å². The molecule has 1 unspecified atom stereocenters. The first-order valence-electron chi connectivity index (χ1n) is 4.85. The van der Waals surface area contributed by atoms with Crippen LogP contribution in [0.2, 0.25) is 0 Å². The average molecular weight is 233 g/mol. The van der Waals surface area contributed by atoms with Crippen molar-refractivity contribution in [1.29, 1.82) is 0 Å². The highest BCUT2D eigenvalue weighted by molar-refractivity contribution is 5.93. The van der Waals surface area contributed by atoms with E-state index < -0.39 is 11.9 Å². The molecule has 0 aliphatic carbocycles. The Morgan fingerprint density at radius 3 is 2.94 bits per heavy atom. The van der Waals surface area contributed by atoms with Crippen molar-refractivity contribution in [2.24, 2.45) is 12.8 Å². The summed E-state index contributed by atoms with van der Waals surface area (Å²) in [5, 5.41) is 13.6. The lowest BCUT2D eigenvalue weighted by Gasteiger charge is -2.08. The van der Waals surface area contributed by atoms with Gasteiger partial charge in [-0.05, 0) is 0 Å². The van der Waals surface area contributed by atoms with Gasteiger partial charge in [0.25, 0.3) is 0 Å². The number of carbonyl (C=O) groups excluding carboxylic acids is 1. The zero-order valence-corrected chi connectivity index (χ0v) is 9.11. The normalized spacial score (nSPS) is 12.1. The van der Waals surface area contributed by atoms with E-state index in [0.717, 1.165) is 0 Å². The molecule has 2 aromatic heterocycles. The zero-order chi connectivity index (χ0) is 12.3. The first-order valence-corrected chi connectivity index (χ1v) is 4.85. The third-order valence-corrected chi connectivity index (χ3v) is 2.08. The number of nitrogens with zero attached hydrogens (tertiary/aromatic N) is 5. The third kappa shape index (κ3) is 2.61. The van der Waals surface area contributed by atoms with Gasteiger partial charge in [-0.25, -0.2) is 4.98 Å². The van der Waals surface area contributed by atoms with Crippen LogP contribution in [0, 0.1) is 0 Å². The Labute approximate surface area is 96.9 Å². The second kappa shape index (κ2) is 4.66. The number of aryl methyl sites for hydroxylation is 1. The minimum absolute atomic E-state index is 0.122. The Kier molecular flexibility index (Phi) is 3.06. The topological polar surface area (TPSA) is 112 Å². The molecule has 0 spiro atoms. The molecule has 0 aromatic carbocycles. The molecular formula is C9H11N7O. The Hall–Kier alpha value is -2.35. The van der Waals surface area contributed by atoms with Gasteiger partial charge in [-0.2, -0.15) is 10.2 Å². The number of rotatable bonds is 3. The predicted octanol–water partition coefficient (Wildman–Crippen LogP) is -0.756. The molecule has 1 atom stereocenters. The fraction of sp³-hybridized carbons (Fsp3) is 0.222. The molecule has 3 N–H and O–H groups in total. The molecule has 0 saturated carbocycles. The number of hydrogen-bond acceptors (Lipinski definition) is 6. The summed E-state index contributed by atoms with van der Waals surface area (Å²) >= 11 is 0. The average Bonchev–Trinajstić information content (AvgIpc) is 2.76. The first-order chi connectivity index (χ1) is 8.16. The van der Waals surface area contributed by atoms with Crippen molar-refractivity contribution < 1.29 is 4.79 Å². The fourth-order valence-electron chi connectivity index (χ4n) is 1.24. The van der Waals surface area contributed by atoms with Gasteiger partial charge < -0.3 is 5.73 Å². The van der Waals surface area contributed by atoms with Crippen molar-refractivity contribution in [3.63, 3.8) is 0 Å². The van der Waals surface area contributed by atoms with E-state index in [9.17, 15) is 4.79 Å². The second-order valence-corrected chi connectivity index (χ2v) is 3.38. The fourth-order valence-corrected chi connectivity index (χ4v) is 1.24. The van der Waals surface area contributed by atoms with Gasteiger partial charge in [0.1, 0.15) is 6.04 Å². The summed E-state index contributed by atoms with van der Waals surface area (Å²) in [5.41, 5.74) is 6.38. The standard InChI is InChI=1S/C9H11N7O/c1-16-5-6(4-13-16)7(10)8(17)14-9-11-2-3-12-15-9/h2-5,7H,10H2,1H3,(H,11,14,15,17). The lowest BCUT2D eigenvalue weighted by atomic mass is 10.1. The van der Waals surface area contributed by atoms with Crippen LogP contribution < -0.4 is 11.1 Å². The van der Waals surface area contributed by atoms with Gasteiger partial charge in [-0.15, -0.1) is 5.10 Å². The molecule has 1 amide bonds. The van der Waals surface area contributed by atoms with Crippen molar-refractivity contribution in [3.05, 3.63) is 30.4 Å². The summed E-state index contributed by atoms with van der Waals surface area (Å²) in [5.74, 6) is -0.289. The molecule has 0 radical (unpaired) electrons. The smallest absolute Gasteiger partial charge is 0.249 e. The van der Waals surface area contributed by atoms with Crippen LogP contribution in [0.1, 0.15) is 11.6 Å². The molecule has 0 aliphatic rings. The number of carbonyl (C=O) groups is 1. The maximum Gasteiger partial charge on any atom is 0.249 e. The molecule has 0 aliphatic heterocycles. The molecule has 88 valence electrons. The second-order valence-electron chi connectivity index (χ2n) is 3.38. The zero-order valence-electron chi connectivity index (χ0n) is 9.11. The number of hydrogen-bond donors (Lipinski definition) is 2. The lowest BCUT2D eigenvalue weighted by Crippen LogP contribution is -2.28. The maximum atomic E-state index is 11.7. The summed E-state index contributed by atoms with van der Waals surface area (Å²) in [6.45, 7) is 0. The number of nitrogens with two attached hydrogens (primary N) is 1. The molecule has 2 rings (SSSR count). The van der Waals surface area contributed by atoms with E-state index in [1.54, 1.807) is 17.9 Å². The molecule has 2 aromatic rings. The quantitative estimate of drug-likeness (QED) is 0.721. The van der Waals surface area contributed by atoms with E-state index >= 15 is 0 Å². The van der Waals surface area contributed by atoms with E-state index in [2.05, 4.69) is 25.6 Å². The number of anilines is 1. The molecule has 2 heterocycles. The van der Waals surface area contributed by atoms with Crippen LogP contribution in [-0.4, -0.2) is 30.9 Å².